The van der Waals surface area contributed by atoms with Gasteiger partial charge in [0.05, 0.1) is 27.0 Å². The summed E-state index contributed by atoms with van der Waals surface area (Å²) < 4.78 is 19.9. The van der Waals surface area contributed by atoms with Crippen molar-refractivity contribution in [1.29, 1.82) is 0 Å². The van der Waals surface area contributed by atoms with E-state index >= 15 is 0 Å². The van der Waals surface area contributed by atoms with Crippen molar-refractivity contribution >= 4 is 34.9 Å². The average molecular weight is 379 g/mol. The van der Waals surface area contributed by atoms with Crippen LogP contribution >= 0.6 is 11.3 Å². The molecule has 0 bridgehead atoms. The molecule has 0 radical (unpaired) electrons. The van der Waals surface area contributed by atoms with Gasteiger partial charge in [0.1, 0.15) is 21.9 Å². The number of rotatable bonds is 7. The third kappa shape index (κ3) is 4.31. The van der Waals surface area contributed by atoms with Gasteiger partial charge in [0.15, 0.2) is 6.61 Å². The Bertz CT molecular complexity index is 793. The summed E-state index contributed by atoms with van der Waals surface area (Å²) in [5.41, 5.74) is 0.369. The number of amides is 1. The van der Waals surface area contributed by atoms with Crippen molar-refractivity contribution in [2.45, 2.75) is 0 Å². The summed E-state index contributed by atoms with van der Waals surface area (Å²) in [6.45, 7) is -0.545. The summed E-state index contributed by atoms with van der Waals surface area (Å²) in [5.74, 6) is -1.41. The zero-order valence-corrected chi connectivity index (χ0v) is 15.2. The Labute approximate surface area is 153 Å². The Morgan fingerprint density at radius 1 is 1.00 bits per heavy atom. The number of carbonyl (C=O) groups excluding carboxylic acids is 3. The van der Waals surface area contributed by atoms with E-state index in [9.17, 15) is 14.4 Å². The average Bonchev–Trinajstić information content (AvgIpc) is 3.12. The number of carbonyl (C=O) groups is 3. The second kappa shape index (κ2) is 8.86. The van der Waals surface area contributed by atoms with Crippen LogP contribution in [0, 0.1) is 0 Å². The molecule has 1 aromatic heterocycles. The number of benzene rings is 1. The van der Waals surface area contributed by atoms with Crippen molar-refractivity contribution in [3.63, 3.8) is 0 Å². The lowest BCUT2D eigenvalue weighted by atomic mass is 10.2. The van der Waals surface area contributed by atoms with Crippen molar-refractivity contribution < 1.29 is 33.3 Å². The van der Waals surface area contributed by atoms with Crippen LogP contribution in [-0.2, 0) is 14.3 Å². The predicted octanol–water partition coefficient (Wildman–Crippen LogP) is 2.35. The lowest BCUT2D eigenvalue weighted by Gasteiger charge is -2.12. The molecule has 0 fully saturated rings. The second-order valence-electron chi connectivity index (χ2n) is 4.82. The Hall–Kier alpha value is -3.07. The number of hydrogen-bond acceptors (Lipinski definition) is 8. The Morgan fingerprint density at radius 3 is 2.23 bits per heavy atom. The molecule has 26 heavy (non-hydrogen) atoms. The van der Waals surface area contributed by atoms with E-state index in [0.717, 1.165) is 11.3 Å². The third-order valence-electron chi connectivity index (χ3n) is 3.28. The molecule has 1 N–H and O–H groups in total. The quantitative estimate of drug-likeness (QED) is 0.737. The van der Waals surface area contributed by atoms with Crippen LogP contribution in [0.15, 0.2) is 29.6 Å². The maximum Gasteiger partial charge on any atom is 0.350 e. The minimum Gasteiger partial charge on any atom is -0.496 e. The highest BCUT2D eigenvalue weighted by Gasteiger charge is 2.21. The molecule has 2 rings (SSSR count). The van der Waals surface area contributed by atoms with Gasteiger partial charge < -0.3 is 24.3 Å². The Morgan fingerprint density at radius 2 is 1.65 bits per heavy atom. The van der Waals surface area contributed by atoms with Gasteiger partial charge in [-0.15, -0.1) is 11.3 Å². The van der Waals surface area contributed by atoms with Crippen molar-refractivity contribution in [3.8, 4) is 11.5 Å². The first-order valence-corrected chi connectivity index (χ1v) is 8.23. The molecule has 0 saturated heterocycles. The molecule has 0 aliphatic heterocycles. The zero-order valence-electron chi connectivity index (χ0n) is 14.4. The number of hydrogen-bond donors (Lipinski definition) is 1. The van der Waals surface area contributed by atoms with Crippen LogP contribution in [0.2, 0.25) is 0 Å². The highest BCUT2D eigenvalue weighted by Crippen LogP contribution is 2.29. The van der Waals surface area contributed by atoms with Crippen molar-refractivity contribution in [2.24, 2.45) is 0 Å². The second-order valence-corrected chi connectivity index (χ2v) is 5.73. The first-order valence-electron chi connectivity index (χ1n) is 7.35. The minimum atomic E-state index is -0.770. The van der Waals surface area contributed by atoms with E-state index in [0.29, 0.717) is 0 Å². The topological polar surface area (TPSA) is 100 Å². The standard InChI is InChI=1S/C17H17NO7S/c1-22-11-5-4-6-12(23-2)14(11)16(20)25-9-13(19)18-10-7-8-26-15(10)17(21)24-3/h4-8H,9H2,1-3H3,(H,18,19). The van der Waals surface area contributed by atoms with E-state index in [4.69, 9.17) is 14.2 Å². The van der Waals surface area contributed by atoms with Crippen molar-refractivity contribution in [2.75, 3.05) is 33.3 Å². The van der Waals surface area contributed by atoms with Crippen LogP contribution in [0.1, 0.15) is 20.0 Å². The Kier molecular flexibility index (Phi) is 6.56. The lowest BCUT2D eigenvalue weighted by Crippen LogP contribution is -2.22. The summed E-state index contributed by atoms with van der Waals surface area (Å²) in [6.07, 6.45) is 0. The molecule has 2 aromatic rings. The van der Waals surface area contributed by atoms with E-state index in [-0.39, 0.29) is 27.6 Å². The zero-order chi connectivity index (χ0) is 19.1. The fourth-order valence-electron chi connectivity index (χ4n) is 2.10. The van der Waals surface area contributed by atoms with Gasteiger partial charge in [-0.1, -0.05) is 6.07 Å². The number of esters is 2. The van der Waals surface area contributed by atoms with E-state index in [1.807, 2.05) is 0 Å². The molecule has 9 heteroatoms. The van der Waals surface area contributed by atoms with Gasteiger partial charge in [-0.05, 0) is 23.6 Å². The number of ether oxygens (including phenoxy) is 4. The van der Waals surface area contributed by atoms with Gasteiger partial charge in [0.25, 0.3) is 5.91 Å². The molecule has 1 amide bonds. The van der Waals surface area contributed by atoms with Gasteiger partial charge in [-0.25, -0.2) is 9.59 Å². The van der Waals surface area contributed by atoms with Gasteiger partial charge in [0, 0.05) is 0 Å². The molecule has 1 heterocycles. The van der Waals surface area contributed by atoms with Crippen LogP contribution in [0.3, 0.4) is 0 Å². The molecule has 1 aromatic carbocycles. The molecule has 0 saturated carbocycles. The van der Waals surface area contributed by atoms with Crippen LogP contribution in [-0.4, -0.2) is 45.8 Å². The first-order chi connectivity index (χ1) is 12.5. The molecule has 138 valence electrons. The smallest absolute Gasteiger partial charge is 0.350 e. The largest absolute Gasteiger partial charge is 0.496 e. The SMILES string of the molecule is COC(=O)c1sccc1NC(=O)COC(=O)c1c(OC)cccc1OC. The molecular formula is C17H17NO7S. The highest BCUT2D eigenvalue weighted by molar-refractivity contribution is 7.12. The van der Waals surface area contributed by atoms with Crippen LogP contribution in [0.4, 0.5) is 5.69 Å². The number of thiophene rings is 1. The van der Waals surface area contributed by atoms with Crippen LogP contribution < -0.4 is 14.8 Å². The Balaban J connectivity index is 2.03. The maximum atomic E-state index is 12.3. The molecule has 0 atom stereocenters. The fourth-order valence-corrected chi connectivity index (χ4v) is 2.87. The normalized spacial score (nSPS) is 9.96. The monoisotopic (exact) mass is 379 g/mol. The summed E-state index contributed by atoms with van der Waals surface area (Å²) in [5, 5.41) is 4.13. The number of methoxy groups -OCH3 is 3. The van der Waals surface area contributed by atoms with E-state index in [1.54, 1.807) is 29.6 Å². The van der Waals surface area contributed by atoms with E-state index < -0.39 is 24.5 Å². The minimum absolute atomic E-state index is 0.0797. The molecule has 8 nitrogen and oxygen atoms in total. The lowest BCUT2D eigenvalue weighted by molar-refractivity contribution is -0.119. The number of nitrogens with one attached hydrogen (secondary N) is 1. The van der Waals surface area contributed by atoms with E-state index in [2.05, 4.69) is 10.1 Å². The third-order valence-corrected chi connectivity index (χ3v) is 4.17. The molecule has 0 aliphatic carbocycles. The molecule has 0 aliphatic rings. The highest BCUT2D eigenvalue weighted by atomic mass is 32.1. The first kappa shape index (κ1) is 19.3. The number of anilines is 1. The summed E-state index contributed by atoms with van der Waals surface area (Å²) in [7, 11) is 4.06. The summed E-state index contributed by atoms with van der Waals surface area (Å²) in [4.78, 5) is 36.2. The molecule has 0 spiro atoms. The fraction of sp³-hybridized carbons (Fsp3) is 0.235. The summed E-state index contributed by atoms with van der Waals surface area (Å²) in [6, 6.07) is 6.37. The molecular weight excluding hydrogens is 362 g/mol. The predicted molar refractivity (Wildman–Crippen MR) is 94.1 cm³/mol. The maximum absolute atomic E-state index is 12.3. The summed E-state index contributed by atoms with van der Waals surface area (Å²) >= 11 is 1.13. The molecule has 0 unspecified atom stereocenters. The van der Waals surface area contributed by atoms with Crippen molar-refractivity contribution in [1.82, 2.24) is 0 Å². The van der Waals surface area contributed by atoms with Gasteiger partial charge in [-0.2, -0.15) is 0 Å². The van der Waals surface area contributed by atoms with Crippen LogP contribution in [0.5, 0.6) is 11.5 Å². The van der Waals surface area contributed by atoms with Gasteiger partial charge >= 0.3 is 11.9 Å². The van der Waals surface area contributed by atoms with E-state index in [1.165, 1.54) is 21.3 Å². The van der Waals surface area contributed by atoms with Crippen molar-refractivity contribution in [3.05, 3.63) is 40.1 Å². The van der Waals surface area contributed by atoms with Crippen LogP contribution in [0.25, 0.3) is 0 Å². The van der Waals surface area contributed by atoms with Gasteiger partial charge in [0.2, 0.25) is 0 Å². The van der Waals surface area contributed by atoms with Gasteiger partial charge in [-0.3, -0.25) is 4.79 Å².